The van der Waals surface area contributed by atoms with E-state index in [1.165, 1.54) is 5.56 Å². The van der Waals surface area contributed by atoms with Gasteiger partial charge in [-0.1, -0.05) is 24.3 Å². The van der Waals surface area contributed by atoms with Crippen LogP contribution in [0.1, 0.15) is 29.4 Å². The van der Waals surface area contributed by atoms with Crippen LogP contribution in [0.5, 0.6) is 0 Å². The second-order valence-electron chi connectivity index (χ2n) is 4.56. The van der Waals surface area contributed by atoms with Crippen LogP contribution in [0, 0.1) is 10.1 Å². The fraction of sp³-hybridized carbons (Fsp3) is 0.500. The summed E-state index contributed by atoms with van der Waals surface area (Å²) in [6, 6.07) is 7.96. The molecule has 17 heavy (non-hydrogen) atoms. The SMILES string of the molecule is CO[C@@H]1C[C@H]2c3ccccc3[C@@H]1C2O[N+](=O)[O-]. The van der Waals surface area contributed by atoms with E-state index in [0.29, 0.717) is 0 Å². The highest BCUT2D eigenvalue weighted by molar-refractivity contribution is 5.45. The van der Waals surface area contributed by atoms with Crippen LogP contribution < -0.4 is 0 Å². The third kappa shape index (κ3) is 1.42. The Balaban J connectivity index is 1.99. The molecule has 1 aromatic carbocycles. The normalized spacial score (nSPS) is 33.5. The Labute approximate surface area is 98.4 Å². The Hall–Kier alpha value is -1.62. The molecule has 5 heteroatoms. The summed E-state index contributed by atoms with van der Waals surface area (Å²) in [6.07, 6.45) is 0.448. The van der Waals surface area contributed by atoms with Gasteiger partial charge in [-0.05, 0) is 17.5 Å². The molecule has 0 spiro atoms. The van der Waals surface area contributed by atoms with E-state index in [1.54, 1.807) is 7.11 Å². The molecule has 2 bridgehead atoms. The first-order valence-electron chi connectivity index (χ1n) is 5.65. The second-order valence-corrected chi connectivity index (χ2v) is 4.56. The lowest BCUT2D eigenvalue weighted by Gasteiger charge is -2.22. The predicted molar refractivity (Wildman–Crippen MR) is 59.2 cm³/mol. The minimum atomic E-state index is -0.686. The first-order chi connectivity index (χ1) is 8.22. The van der Waals surface area contributed by atoms with E-state index in [2.05, 4.69) is 0 Å². The highest BCUT2D eigenvalue weighted by Crippen LogP contribution is 2.55. The van der Waals surface area contributed by atoms with Gasteiger partial charge in [0, 0.05) is 18.9 Å². The van der Waals surface area contributed by atoms with Gasteiger partial charge in [0.2, 0.25) is 0 Å². The summed E-state index contributed by atoms with van der Waals surface area (Å²) < 4.78 is 5.41. The van der Waals surface area contributed by atoms with Crippen molar-refractivity contribution in [1.82, 2.24) is 0 Å². The highest BCUT2D eigenvalue weighted by Gasteiger charge is 2.53. The fourth-order valence-electron chi connectivity index (χ4n) is 3.31. The Morgan fingerprint density at radius 2 is 2.06 bits per heavy atom. The van der Waals surface area contributed by atoms with Crippen molar-refractivity contribution in [3.63, 3.8) is 0 Å². The van der Waals surface area contributed by atoms with Crippen LogP contribution in [0.15, 0.2) is 24.3 Å². The fourth-order valence-corrected chi connectivity index (χ4v) is 3.31. The lowest BCUT2D eigenvalue weighted by Crippen LogP contribution is -2.24. The molecule has 5 nitrogen and oxygen atoms in total. The zero-order chi connectivity index (χ0) is 12.0. The zero-order valence-corrected chi connectivity index (χ0v) is 9.41. The molecule has 1 unspecified atom stereocenters. The molecule has 0 N–H and O–H groups in total. The molecule has 1 fully saturated rings. The van der Waals surface area contributed by atoms with Crippen LogP contribution >= 0.6 is 0 Å². The van der Waals surface area contributed by atoms with Crippen LogP contribution in [-0.4, -0.2) is 24.4 Å². The second kappa shape index (κ2) is 3.70. The van der Waals surface area contributed by atoms with Gasteiger partial charge in [-0.25, -0.2) is 0 Å². The van der Waals surface area contributed by atoms with Crippen molar-refractivity contribution >= 4 is 0 Å². The molecule has 0 radical (unpaired) electrons. The van der Waals surface area contributed by atoms with Crippen molar-refractivity contribution < 1.29 is 14.7 Å². The average Bonchev–Trinajstić information content (AvgIpc) is 2.81. The quantitative estimate of drug-likeness (QED) is 0.592. The van der Waals surface area contributed by atoms with Gasteiger partial charge in [0.15, 0.2) is 0 Å². The smallest absolute Gasteiger partial charge is 0.294 e. The lowest BCUT2D eigenvalue weighted by atomic mass is 9.90. The predicted octanol–water partition coefficient (Wildman–Crippen LogP) is 1.86. The maximum atomic E-state index is 10.6. The van der Waals surface area contributed by atoms with Crippen molar-refractivity contribution in [2.24, 2.45) is 0 Å². The van der Waals surface area contributed by atoms with Crippen LogP contribution in [0.2, 0.25) is 0 Å². The maximum absolute atomic E-state index is 10.6. The average molecular weight is 235 g/mol. The number of hydrogen-bond donors (Lipinski definition) is 0. The molecule has 2 aliphatic rings. The van der Waals surface area contributed by atoms with Crippen molar-refractivity contribution in [3.05, 3.63) is 45.5 Å². The Kier molecular flexibility index (Phi) is 2.29. The van der Waals surface area contributed by atoms with Gasteiger partial charge >= 0.3 is 0 Å². The Morgan fingerprint density at radius 1 is 1.35 bits per heavy atom. The maximum Gasteiger partial charge on any atom is 0.294 e. The molecule has 1 saturated carbocycles. The summed E-state index contributed by atoms with van der Waals surface area (Å²) in [7, 11) is 1.65. The van der Waals surface area contributed by atoms with E-state index in [0.717, 1.165) is 12.0 Å². The molecule has 3 rings (SSSR count). The summed E-state index contributed by atoms with van der Waals surface area (Å²) in [5, 5.41) is 9.88. The van der Waals surface area contributed by atoms with Crippen LogP contribution in [0.3, 0.4) is 0 Å². The zero-order valence-electron chi connectivity index (χ0n) is 9.41. The molecule has 0 aromatic heterocycles. The number of ether oxygens (including phenoxy) is 1. The third-order valence-corrected chi connectivity index (χ3v) is 3.90. The van der Waals surface area contributed by atoms with E-state index >= 15 is 0 Å². The van der Waals surface area contributed by atoms with E-state index in [9.17, 15) is 10.1 Å². The van der Waals surface area contributed by atoms with Crippen LogP contribution in [0.4, 0.5) is 0 Å². The number of nitrogens with zero attached hydrogens (tertiary/aromatic N) is 1. The molecule has 1 aromatic rings. The molecule has 0 amide bonds. The van der Waals surface area contributed by atoms with Gasteiger partial charge in [-0.15, -0.1) is 10.1 Å². The van der Waals surface area contributed by atoms with Gasteiger partial charge in [-0.3, -0.25) is 0 Å². The Bertz CT molecular complexity index is 462. The van der Waals surface area contributed by atoms with E-state index in [1.807, 2.05) is 24.3 Å². The molecule has 0 heterocycles. The van der Waals surface area contributed by atoms with Gasteiger partial charge < -0.3 is 9.57 Å². The van der Waals surface area contributed by atoms with Gasteiger partial charge in [0.05, 0.1) is 6.10 Å². The number of rotatable bonds is 3. The minimum Gasteiger partial charge on any atom is -0.381 e. The van der Waals surface area contributed by atoms with E-state index < -0.39 is 5.09 Å². The number of benzene rings is 1. The van der Waals surface area contributed by atoms with Crippen LogP contribution in [-0.2, 0) is 9.57 Å². The number of fused-ring (bicyclic) bond motifs is 5. The largest absolute Gasteiger partial charge is 0.381 e. The number of methoxy groups -OCH3 is 1. The van der Waals surface area contributed by atoms with E-state index in [-0.39, 0.29) is 24.0 Å². The van der Waals surface area contributed by atoms with Gasteiger partial charge in [0.25, 0.3) is 5.09 Å². The molecular weight excluding hydrogens is 222 g/mol. The van der Waals surface area contributed by atoms with E-state index in [4.69, 9.17) is 9.57 Å². The van der Waals surface area contributed by atoms with Gasteiger partial charge in [-0.2, -0.15) is 0 Å². The summed E-state index contributed by atoms with van der Waals surface area (Å²) in [5.41, 5.74) is 2.32. The first kappa shape index (κ1) is 10.5. The van der Waals surface area contributed by atoms with Crippen LogP contribution in [0.25, 0.3) is 0 Å². The summed E-state index contributed by atoms with van der Waals surface area (Å²) in [6.45, 7) is 0. The number of hydrogen-bond acceptors (Lipinski definition) is 4. The van der Waals surface area contributed by atoms with Gasteiger partial charge in [0.1, 0.15) is 6.10 Å². The summed E-state index contributed by atoms with van der Waals surface area (Å²) in [5.74, 6) is 0.0816. The minimum absolute atomic E-state index is 0.00778. The monoisotopic (exact) mass is 235 g/mol. The molecular formula is C12H13NO4. The van der Waals surface area contributed by atoms with Crippen molar-refractivity contribution in [1.29, 1.82) is 0 Å². The van der Waals surface area contributed by atoms with Crippen molar-refractivity contribution in [2.45, 2.75) is 30.5 Å². The first-order valence-corrected chi connectivity index (χ1v) is 5.65. The highest BCUT2D eigenvalue weighted by atomic mass is 17.0. The van der Waals surface area contributed by atoms with Crippen molar-refractivity contribution in [3.8, 4) is 0 Å². The molecule has 90 valence electrons. The third-order valence-electron chi connectivity index (χ3n) is 3.90. The summed E-state index contributed by atoms with van der Waals surface area (Å²) in [4.78, 5) is 15.4. The topological polar surface area (TPSA) is 61.6 Å². The molecule has 0 saturated heterocycles. The standard InChI is InChI=1S/C12H13NO4/c1-16-10-6-9-7-4-2-3-5-8(7)11(10)12(9)17-13(14)15/h2-5,9-12H,6H2,1H3/t9-,10+,11-,12?/m0/s1. The van der Waals surface area contributed by atoms with Crippen molar-refractivity contribution in [2.75, 3.05) is 7.11 Å². The molecule has 2 aliphatic carbocycles. The Morgan fingerprint density at radius 3 is 2.71 bits per heavy atom. The lowest BCUT2D eigenvalue weighted by molar-refractivity contribution is -0.769. The molecule has 4 atom stereocenters. The molecule has 0 aliphatic heterocycles. The summed E-state index contributed by atoms with van der Waals surface area (Å²) >= 11 is 0.